The normalized spacial score (nSPS) is 22.1. The van der Waals surface area contributed by atoms with Gasteiger partial charge in [-0.25, -0.2) is 9.97 Å². The molecule has 0 amide bonds. The monoisotopic (exact) mass is 265 g/mol. The lowest BCUT2D eigenvalue weighted by Crippen LogP contribution is -2.40. The number of aromatic nitrogens is 2. The Labute approximate surface area is 114 Å². The van der Waals surface area contributed by atoms with E-state index in [1.165, 1.54) is 24.1 Å². The zero-order chi connectivity index (χ0) is 12.9. The van der Waals surface area contributed by atoms with Gasteiger partial charge in [0.05, 0.1) is 11.4 Å². The summed E-state index contributed by atoms with van der Waals surface area (Å²) >= 11 is 6.03. The van der Waals surface area contributed by atoms with Gasteiger partial charge in [0.2, 0.25) is 5.28 Å². The van der Waals surface area contributed by atoms with Crippen molar-refractivity contribution in [1.29, 1.82) is 0 Å². The second-order valence-electron chi connectivity index (χ2n) is 6.13. The lowest BCUT2D eigenvalue weighted by molar-refractivity contribution is 0.170. The molecule has 1 saturated carbocycles. The van der Waals surface area contributed by atoms with Crippen LogP contribution in [-0.2, 0) is 13.0 Å². The molecule has 1 aliphatic heterocycles. The summed E-state index contributed by atoms with van der Waals surface area (Å²) in [5, 5.41) is 0.406. The Bertz CT molecular complexity index is 480. The number of rotatable bonds is 2. The molecule has 1 aliphatic carbocycles. The van der Waals surface area contributed by atoms with Crippen LogP contribution in [0.3, 0.4) is 0 Å². The maximum Gasteiger partial charge on any atom is 0.222 e. The minimum Gasteiger partial charge on any atom is -0.293 e. The van der Waals surface area contributed by atoms with E-state index in [2.05, 4.69) is 35.6 Å². The summed E-state index contributed by atoms with van der Waals surface area (Å²) in [5.41, 5.74) is 4.07. The third-order valence-corrected chi connectivity index (χ3v) is 4.52. The highest BCUT2D eigenvalue weighted by Crippen LogP contribution is 2.43. The third kappa shape index (κ3) is 2.04. The van der Waals surface area contributed by atoms with Gasteiger partial charge in [-0.05, 0) is 37.3 Å². The van der Waals surface area contributed by atoms with Gasteiger partial charge in [-0.2, -0.15) is 0 Å². The summed E-state index contributed by atoms with van der Waals surface area (Å²) in [5.74, 6) is 0.409. The second-order valence-corrected chi connectivity index (χ2v) is 6.46. The van der Waals surface area contributed by atoms with E-state index < -0.39 is 0 Å². The highest BCUT2D eigenvalue weighted by molar-refractivity contribution is 6.28. The minimum atomic E-state index is 0.406. The van der Waals surface area contributed by atoms with Crippen molar-refractivity contribution in [1.82, 2.24) is 14.9 Å². The first-order chi connectivity index (χ1) is 8.49. The Morgan fingerprint density at radius 1 is 1.28 bits per heavy atom. The molecule has 0 N–H and O–H groups in total. The van der Waals surface area contributed by atoms with E-state index in [9.17, 15) is 0 Å². The Morgan fingerprint density at radius 3 is 2.61 bits per heavy atom. The van der Waals surface area contributed by atoms with Gasteiger partial charge in [-0.3, -0.25) is 4.90 Å². The van der Waals surface area contributed by atoms with Crippen molar-refractivity contribution in [3.63, 3.8) is 0 Å². The molecule has 0 saturated heterocycles. The van der Waals surface area contributed by atoms with Gasteiger partial charge in [-0.1, -0.05) is 13.8 Å². The highest BCUT2D eigenvalue weighted by atomic mass is 35.5. The van der Waals surface area contributed by atoms with Crippen LogP contribution in [0.15, 0.2) is 0 Å². The van der Waals surface area contributed by atoms with Crippen molar-refractivity contribution in [2.24, 2.45) is 0 Å². The average Bonchev–Trinajstić information content (AvgIpc) is 3.06. The molecule has 2 aliphatic rings. The van der Waals surface area contributed by atoms with Crippen LogP contribution in [-0.4, -0.2) is 27.0 Å². The molecule has 1 fully saturated rings. The van der Waals surface area contributed by atoms with E-state index in [0.29, 0.717) is 16.7 Å². The minimum absolute atomic E-state index is 0.406. The summed E-state index contributed by atoms with van der Waals surface area (Å²) in [6.45, 7) is 8.82. The maximum atomic E-state index is 6.03. The van der Waals surface area contributed by atoms with E-state index in [0.717, 1.165) is 25.2 Å². The zero-order valence-electron chi connectivity index (χ0n) is 11.3. The van der Waals surface area contributed by atoms with Gasteiger partial charge in [0.1, 0.15) is 0 Å². The molecular weight excluding hydrogens is 246 g/mol. The van der Waals surface area contributed by atoms with Gasteiger partial charge in [0.25, 0.3) is 0 Å². The lowest BCUT2D eigenvalue weighted by Gasteiger charge is -2.34. The fourth-order valence-electron chi connectivity index (χ4n) is 2.84. The summed E-state index contributed by atoms with van der Waals surface area (Å²) in [6, 6.07) is 0. The fraction of sp³-hybridized carbons (Fsp3) is 0.714. The smallest absolute Gasteiger partial charge is 0.222 e. The van der Waals surface area contributed by atoms with E-state index >= 15 is 0 Å². The van der Waals surface area contributed by atoms with Gasteiger partial charge < -0.3 is 0 Å². The molecule has 1 aromatic heterocycles. The Morgan fingerprint density at radius 2 is 2.00 bits per heavy atom. The molecule has 0 atom stereocenters. The first-order valence-corrected chi connectivity index (χ1v) is 7.18. The third-order valence-electron chi connectivity index (χ3n) is 4.35. The van der Waals surface area contributed by atoms with Crippen LogP contribution < -0.4 is 0 Å². The molecule has 3 rings (SSSR count). The van der Waals surface area contributed by atoms with Crippen LogP contribution in [0.2, 0.25) is 5.28 Å². The first-order valence-electron chi connectivity index (χ1n) is 6.80. The number of fused-ring (bicyclic) bond motifs is 1. The van der Waals surface area contributed by atoms with Crippen LogP contribution >= 0.6 is 11.6 Å². The molecule has 2 heterocycles. The Kier molecular flexibility index (Phi) is 2.87. The van der Waals surface area contributed by atoms with Crippen LogP contribution in [0.5, 0.6) is 0 Å². The zero-order valence-corrected chi connectivity index (χ0v) is 12.1. The lowest BCUT2D eigenvalue weighted by atomic mass is 9.96. The number of hydrogen-bond acceptors (Lipinski definition) is 3. The Balaban J connectivity index is 1.98. The van der Waals surface area contributed by atoms with E-state index in [1.807, 2.05) is 0 Å². The van der Waals surface area contributed by atoms with Crippen LogP contribution in [0, 0.1) is 0 Å². The van der Waals surface area contributed by atoms with Crippen molar-refractivity contribution >= 4 is 11.6 Å². The molecule has 0 spiro atoms. The SMILES string of the molecule is CC(C)c1nc(Cl)nc2c1CN(C1(C)CC1)CC2. The van der Waals surface area contributed by atoms with Gasteiger partial charge in [0.15, 0.2) is 0 Å². The van der Waals surface area contributed by atoms with Crippen molar-refractivity contribution in [2.75, 3.05) is 6.54 Å². The molecule has 98 valence electrons. The number of halogens is 1. The summed E-state index contributed by atoms with van der Waals surface area (Å²) < 4.78 is 0. The van der Waals surface area contributed by atoms with Gasteiger partial charge in [-0.15, -0.1) is 0 Å². The summed E-state index contributed by atoms with van der Waals surface area (Å²) in [6.07, 6.45) is 3.66. The standard InChI is InChI=1S/C14H20ClN3/c1-9(2)12-10-8-18(14(3)5-6-14)7-4-11(10)16-13(15)17-12/h9H,4-8H2,1-3H3. The quantitative estimate of drug-likeness (QED) is 0.769. The van der Waals surface area contributed by atoms with Crippen molar-refractivity contribution in [3.05, 3.63) is 22.2 Å². The van der Waals surface area contributed by atoms with Crippen LogP contribution in [0.4, 0.5) is 0 Å². The van der Waals surface area contributed by atoms with Crippen molar-refractivity contribution in [2.45, 2.75) is 58.0 Å². The maximum absolute atomic E-state index is 6.03. The van der Waals surface area contributed by atoms with E-state index in [4.69, 9.17) is 11.6 Å². The molecule has 3 nitrogen and oxygen atoms in total. The van der Waals surface area contributed by atoms with Gasteiger partial charge >= 0.3 is 0 Å². The largest absolute Gasteiger partial charge is 0.293 e. The molecule has 0 unspecified atom stereocenters. The van der Waals surface area contributed by atoms with Crippen molar-refractivity contribution in [3.8, 4) is 0 Å². The highest BCUT2D eigenvalue weighted by Gasteiger charge is 2.44. The second kappa shape index (κ2) is 4.17. The number of hydrogen-bond donors (Lipinski definition) is 0. The molecular formula is C14H20ClN3. The van der Waals surface area contributed by atoms with Crippen LogP contribution in [0.25, 0.3) is 0 Å². The average molecular weight is 266 g/mol. The molecule has 0 bridgehead atoms. The van der Waals surface area contributed by atoms with E-state index in [-0.39, 0.29) is 0 Å². The summed E-state index contributed by atoms with van der Waals surface area (Å²) in [7, 11) is 0. The molecule has 4 heteroatoms. The van der Waals surface area contributed by atoms with Crippen molar-refractivity contribution < 1.29 is 0 Å². The topological polar surface area (TPSA) is 29.0 Å². The summed E-state index contributed by atoms with van der Waals surface area (Å²) in [4.78, 5) is 11.5. The van der Waals surface area contributed by atoms with E-state index in [1.54, 1.807) is 0 Å². The molecule has 0 aromatic carbocycles. The van der Waals surface area contributed by atoms with Gasteiger partial charge in [0, 0.05) is 30.6 Å². The first kappa shape index (κ1) is 12.4. The van der Waals surface area contributed by atoms with Crippen LogP contribution in [0.1, 0.15) is 56.5 Å². The molecule has 18 heavy (non-hydrogen) atoms. The predicted octanol–water partition coefficient (Wildman–Crippen LogP) is 3.16. The molecule has 0 radical (unpaired) electrons. The molecule has 1 aromatic rings. The Hall–Kier alpha value is -0.670. The predicted molar refractivity (Wildman–Crippen MR) is 72.9 cm³/mol. The fourth-order valence-corrected chi connectivity index (χ4v) is 3.04. The number of nitrogens with zero attached hydrogens (tertiary/aromatic N) is 3.